The van der Waals surface area contributed by atoms with E-state index >= 15 is 0 Å². The minimum Gasteiger partial charge on any atom is -0.464 e. The molecule has 0 amide bonds. The van der Waals surface area contributed by atoms with Gasteiger partial charge >= 0.3 is 0 Å². The number of hydrogen-bond donors (Lipinski definition) is 0. The topological polar surface area (TPSA) is 34.7 Å². The van der Waals surface area contributed by atoms with E-state index in [1.165, 1.54) is 5.56 Å². The lowest BCUT2D eigenvalue weighted by Gasteiger charge is -2.04. The van der Waals surface area contributed by atoms with Crippen molar-refractivity contribution in [1.82, 2.24) is 0 Å². The first-order chi connectivity index (χ1) is 10.3. The molecule has 21 heavy (non-hydrogen) atoms. The number of hydrogen-bond acceptors (Lipinski definition) is 3. The van der Waals surface area contributed by atoms with Gasteiger partial charge < -0.3 is 9.15 Å². The van der Waals surface area contributed by atoms with E-state index in [2.05, 4.69) is 11.1 Å². The van der Waals surface area contributed by atoms with Crippen molar-refractivity contribution in [3.63, 3.8) is 0 Å². The quantitative estimate of drug-likeness (QED) is 0.635. The smallest absolute Gasteiger partial charge is 0.199 e. The lowest BCUT2D eigenvalue weighted by molar-refractivity contribution is 0.539. The second-order valence-corrected chi connectivity index (χ2v) is 5.23. The van der Waals surface area contributed by atoms with Gasteiger partial charge in [-0.1, -0.05) is 18.2 Å². The van der Waals surface area contributed by atoms with Crippen LogP contribution in [0.2, 0.25) is 0 Å². The lowest BCUT2D eigenvalue weighted by Crippen LogP contribution is -2.07. The van der Waals surface area contributed by atoms with Crippen molar-refractivity contribution >= 4 is 34.2 Å². The van der Waals surface area contributed by atoms with Gasteiger partial charge in [0, 0.05) is 17.0 Å². The van der Waals surface area contributed by atoms with Gasteiger partial charge in [0.25, 0.3) is 0 Å². The first-order valence-corrected chi connectivity index (χ1v) is 7.26. The molecule has 0 unspecified atom stereocenters. The summed E-state index contributed by atoms with van der Waals surface area (Å²) in [6.45, 7) is 0. The van der Waals surface area contributed by atoms with Crippen LogP contribution in [0, 0.1) is 0 Å². The molecule has 0 radical (unpaired) electrons. The van der Waals surface area contributed by atoms with Crippen LogP contribution in [-0.2, 0) is 12.3 Å². The van der Waals surface area contributed by atoms with Crippen molar-refractivity contribution in [2.45, 2.75) is 12.3 Å². The van der Waals surface area contributed by atoms with Crippen LogP contribution in [0.4, 0.5) is 5.69 Å². The van der Waals surface area contributed by atoms with Gasteiger partial charge in [0.05, 0.1) is 24.3 Å². The molecule has 0 saturated heterocycles. The molecule has 4 rings (SSSR count). The summed E-state index contributed by atoms with van der Waals surface area (Å²) >= 11 is 5.87. The Bertz CT molecular complexity index is 851. The summed E-state index contributed by atoms with van der Waals surface area (Å²) in [6, 6.07) is 13.8. The number of aliphatic imine (C=N–C) groups is 1. The van der Waals surface area contributed by atoms with Gasteiger partial charge in [-0.25, -0.2) is 4.99 Å². The molecule has 1 aliphatic rings. The molecule has 3 aromatic rings. The second-order valence-electron chi connectivity index (χ2n) is 4.97. The highest BCUT2D eigenvalue weighted by atomic mass is 35.5. The average molecular weight is 298 g/mol. The number of halogens is 1. The fourth-order valence-corrected chi connectivity index (χ4v) is 2.74. The van der Waals surface area contributed by atoms with Crippen molar-refractivity contribution in [3.05, 3.63) is 59.9 Å². The van der Waals surface area contributed by atoms with Crippen molar-refractivity contribution in [1.29, 1.82) is 0 Å². The highest BCUT2D eigenvalue weighted by Gasteiger charge is 2.16. The Morgan fingerprint density at radius 3 is 2.95 bits per heavy atom. The van der Waals surface area contributed by atoms with Gasteiger partial charge in [-0.2, -0.15) is 0 Å². The summed E-state index contributed by atoms with van der Waals surface area (Å²) in [5.41, 5.74) is 3.94. The third-order valence-corrected chi connectivity index (χ3v) is 3.87. The fourth-order valence-electron chi connectivity index (χ4n) is 2.53. The van der Waals surface area contributed by atoms with Gasteiger partial charge in [-0.3, -0.25) is 0 Å². The summed E-state index contributed by atoms with van der Waals surface area (Å²) in [7, 11) is 0. The van der Waals surface area contributed by atoms with E-state index in [9.17, 15) is 0 Å². The van der Waals surface area contributed by atoms with Crippen LogP contribution in [0.5, 0.6) is 5.75 Å². The number of benzene rings is 2. The van der Waals surface area contributed by atoms with Crippen LogP contribution in [0.25, 0.3) is 11.0 Å². The van der Waals surface area contributed by atoms with E-state index < -0.39 is 0 Å². The zero-order chi connectivity index (χ0) is 14.2. The summed E-state index contributed by atoms with van der Waals surface area (Å²) < 4.78 is 11.4. The molecule has 2 heterocycles. The van der Waals surface area contributed by atoms with E-state index in [0.717, 1.165) is 34.4 Å². The Kier molecular flexibility index (Phi) is 2.93. The number of rotatable bonds is 2. The minimum atomic E-state index is 0.440. The summed E-state index contributed by atoms with van der Waals surface area (Å²) in [5.74, 6) is 1.87. The molecule has 3 nitrogen and oxygen atoms in total. The predicted molar refractivity (Wildman–Crippen MR) is 83.6 cm³/mol. The molecule has 1 aromatic heterocycles. The molecule has 2 aromatic carbocycles. The van der Waals surface area contributed by atoms with Crippen molar-refractivity contribution in [2.24, 2.45) is 4.99 Å². The predicted octanol–water partition coefficient (Wildman–Crippen LogP) is 4.84. The third kappa shape index (κ3) is 2.20. The van der Waals surface area contributed by atoms with Gasteiger partial charge in [-0.15, -0.1) is 11.6 Å². The Morgan fingerprint density at radius 1 is 1.19 bits per heavy atom. The van der Waals surface area contributed by atoms with E-state index in [1.54, 1.807) is 6.26 Å². The molecular formula is C17H12ClNO2. The normalized spacial score (nSPS) is 13.3. The number of para-hydroxylation sites is 1. The Labute approximate surface area is 126 Å². The zero-order valence-corrected chi connectivity index (χ0v) is 11.9. The SMILES string of the molecule is ClCc1coc2cc(OC3=Nc4ccccc4C3)ccc12. The molecule has 0 saturated carbocycles. The van der Waals surface area contributed by atoms with Crippen molar-refractivity contribution in [2.75, 3.05) is 0 Å². The lowest BCUT2D eigenvalue weighted by atomic mass is 10.1. The van der Waals surface area contributed by atoms with Crippen LogP contribution in [0.1, 0.15) is 11.1 Å². The molecule has 104 valence electrons. The molecule has 0 fully saturated rings. The third-order valence-electron chi connectivity index (χ3n) is 3.59. The van der Waals surface area contributed by atoms with E-state index in [-0.39, 0.29) is 0 Å². The number of nitrogens with zero attached hydrogens (tertiary/aromatic N) is 1. The maximum absolute atomic E-state index is 5.87. The van der Waals surface area contributed by atoms with E-state index in [0.29, 0.717) is 11.8 Å². The van der Waals surface area contributed by atoms with E-state index in [1.807, 2.05) is 36.4 Å². The molecule has 1 aliphatic heterocycles. The maximum Gasteiger partial charge on any atom is 0.199 e. The fraction of sp³-hybridized carbons (Fsp3) is 0.118. The van der Waals surface area contributed by atoms with Gasteiger partial charge in [0.2, 0.25) is 0 Å². The summed E-state index contributed by atoms with van der Waals surface area (Å²) in [4.78, 5) is 4.49. The molecule has 0 spiro atoms. The first-order valence-electron chi connectivity index (χ1n) is 6.73. The monoisotopic (exact) mass is 297 g/mol. The molecule has 0 N–H and O–H groups in total. The molecule has 0 aliphatic carbocycles. The second kappa shape index (κ2) is 4.93. The highest BCUT2D eigenvalue weighted by molar-refractivity contribution is 6.18. The number of alkyl halides is 1. The van der Waals surface area contributed by atoms with Gasteiger partial charge in [-0.05, 0) is 23.8 Å². The van der Waals surface area contributed by atoms with Crippen LogP contribution in [0.15, 0.2) is 58.1 Å². The van der Waals surface area contributed by atoms with Gasteiger partial charge in [0.15, 0.2) is 5.90 Å². The summed E-state index contributed by atoms with van der Waals surface area (Å²) in [6.07, 6.45) is 2.41. The number of fused-ring (bicyclic) bond motifs is 2. The highest BCUT2D eigenvalue weighted by Crippen LogP contribution is 2.30. The largest absolute Gasteiger partial charge is 0.464 e. The van der Waals surface area contributed by atoms with Crippen molar-refractivity contribution < 1.29 is 9.15 Å². The molecule has 0 bridgehead atoms. The Balaban J connectivity index is 1.61. The van der Waals surface area contributed by atoms with Crippen LogP contribution in [0.3, 0.4) is 0 Å². The van der Waals surface area contributed by atoms with Crippen LogP contribution in [-0.4, -0.2) is 5.90 Å². The average Bonchev–Trinajstić information content (AvgIpc) is 3.09. The molecule has 4 heteroatoms. The molecule has 0 atom stereocenters. The zero-order valence-electron chi connectivity index (χ0n) is 11.2. The first kappa shape index (κ1) is 12.5. The van der Waals surface area contributed by atoms with Crippen LogP contribution < -0.4 is 4.74 Å². The maximum atomic E-state index is 5.87. The standard InChI is InChI=1S/C17H12ClNO2/c18-9-12-10-20-16-8-13(5-6-14(12)16)21-17-7-11-3-1-2-4-15(11)19-17/h1-6,8,10H,7,9H2. The Morgan fingerprint density at radius 2 is 2.10 bits per heavy atom. The minimum absolute atomic E-state index is 0.440. The van der Waals surface area contributed by atoms with Crippen molar-refractivity contribution in [3.8, 4) is 5.75 Å². The summed E-state index contributed by atoms with van der Waals surface area (Å²) in [5, 5.41) is 1.02. The number of ether oxygens (including phenoxy) is 1. The Hall–Kier alpha value is -2.26. The number of furan rings is 1. The van der Waals surface area contributed by atoms with Gasteiger partial charge in [0.1, 0.15) is 11.3 Å². The van der Waals surface area contributed by atoms with Crippen LogP contribution >= 0.6 is 11.6 Å². The van der Waals surface area contributed by atoms with E-state index in [4.69, 9.17) is 20.8 Å². The molecular weight excluding hydrogens is 286 g/mol.